The third-order valence-electron chi connectivity index (χ3n) is 3.65. The lowest BCUT2D eigenvalue weighted by atomic mass is 9.98. The summed E-state index contributed by atoms with van der Waals surface area (Å²) >= 11 is 0. The third-order valence-corrected chi connectivity index (χ3v) is 3.65. The fraction of sp³-hybridized carbons (Fsp3) is 0.571. The summed E-state index contributed by atoms with van der Waals surface area (Å²) in [4.78, 5) is 18.4. The number of carbonyl (C=O) groups excluding carboxylic acids is 1. The van der Waals surface area contributed by atoms with Crippen molar-refractivity contribution in [3.8, 4) is 0 Å². The molecule has 1 amide bonds. The van der Waals surface area contributed by atoms with E-state index in [1.54, 1.807) is 13.3 Å². The highest BCUT2D eigenvalue weighted by Gasteiger charge is 2.30. The number of methoxy groups -OCH3 is 1. The molecule has 0 bridgehead atoms. The maximum atomic E-state index is 12.3. The first-order valence-electron chi connectivity index (χ1n) is 6.66. The number of amides is 1. The van der Waals surface area contributed by atoms with Gasteiger partial charge >= 0.3 is 0 Å². The van der Waals surface area contributed by atoms with Crippen LogP contribution in [0.25, 0.3) is 0 Å². The van der Waals surface area contributed by atoms with Crippen LogP contribution in [0.2, 0.25) is 0 Å². The Morgan fingerprint density at radius 2 is 2.42 bits per heavy atom. The first kappa shape index (κ1) is 14.0. The van der Waals surface area contributed by atoms with Crippen LogP contribution in [0.15, 0.2) is 24.4 Å². The molecule has 1 fully saturated rings. The summed E-state index contributed by atoms with van der Waals surface area (Å²) in [5.41, 5.74) is 6.58. The maximum absolute atomic E-state index is 12.3. The second-order valence-corrected chi connectivity index (χ2v) is 4.86. The van der Waals surface area contributed by atoms with Gasteiger partial charge in [0.05, 0.1) is 12.5 Å². The Labute approximate surface area is 113 Å². The first-order chi connectivity index (χ1) is 9.24. The van der Waals surface area contributed by atoms with Gasteiger partial charge in [-0.3, -0.25) is 9.78 Å². The van der Waals surface area contributed by atoms with Crippen molar-refractivity contribution in [1.29, 1.82) is 0 Å². The fourth-order valence-electron chi connectivity index (χ4n) is 2.54. The second kappa shape index (κ2) is 6.63. The SMILES string of the molecule is COC1CCN(C(=O)Cc2ccccn2)C(CN)C1. The van der Waals surface area contributed by atoms with E-state index in [4.69, 9.17) is 10.5 Å². The zero-order valence-electron chi connectivity index (χ0n) is 11.3. The number of piperidine rings is 1. The van der Waals surface area contributed by atoms with Gasteiger partial charge in [-0.2, -0.15) is 0 Å². The molecular formula is C14H21N3O2. The van der Waals surface area contributed by atoms with Gasteiger partial charge in [-0.1, -0.05) is 6.07 Å². The minimum absolute atomic E-state index is 0.0786. The van der Waals surface area contributed by atoms with Crippen molar-refractivity contribution in [3.05, 3.63) is 30.1 Å². The van der Waals surface area contributed by atoms with E-state index in [1.807, 2.05) is 23.1 Å². The van der Waals surface area contributed by atoms with Crippen LogP contribution >= 0.6 is 0 Å². The largest absolute Gasteiger partial charge is 0.381 e. The average molecular weight is 263 g/mol. The number of aromatic nitrogens is 1. The normalized spacial score (nSPS) is 23.4. The molecule has 0 aliphatic carbocycles. The Hall–Kier alpha value is -1.46. The molecule has 1 saturated heterocycles. The first-order valence-corrected chi connectivity index (χ1v) is 6.66. The summed E-state index contributed by atoms with van der Waals surface area (Å²) in [6.07, 6.45) is 3.96. The Balaban J connectivity index is 1.98. The van der Waals surface area contributed by atoms with E-state index in [0.717, 1.165) is 18.5 Å². The van der Waals surface area contributed by atoms with Gasteiger partial charge in [0.1, 0.15) is 0 Å². The van der Waals surface area contributed by atoms with E-state index in [9.17, 15) is 4.79 Å². The molecule has 104 valence electrons. The van der Waals surface area contributed by atoms with Crippen LogP contribution in [-0.4, -0.2) is 48.1 Å². The predicted molar refractivity (Wildman–Crippen MR) is 72.5 cm³/mol. The van der Waals surface area contributed by atoms with E-state index < -0.39 is 0 Å². The van der Waals surface area contributed by atoms with Crippen molar-refractivity contribution in [2.24, 2.45) is 5.73 Å². The number of nitrogens with zero attached hydrogens (tertiary/aromatic N) is 2. The zero-order valence-corrected chi connectivity index (χ0v) is 11.3. The van der Waals surface area contributed by atoms with Crippen LogP contribution in [-0.2, 0) is 16.0 Å². The van der Waals surface area contributed by atoms with Crippen molar-refractivity contribution >= 4 is 5.91 Å². The molecule has 2 unspecified atom stereocenters. The number of ether oxygens (including phenoxy) is 1. The molecule has 5 nitrogen and oxygen atoms in total. The Kier molecular flexibility index (Phi) is 4.87. The molecular weight excluding hydrogens is 242 g/mol. The van der Waals surface area contributed by atoms with Crippen LogP contribution in [0, 0.1) is 0 Å². The van der Waals surface area contributed by atoms with Gasteiger partial charge < -0.3 is 15.4 Å². The highest BCUT2D eigenvalue weighted by molar-refractivity contribution is 5.78. The minimum Gasteiger partial charge on any atom is -0.381 e. The number of likely N-dealkylation sites (tertiary alicyclic amines) is 1. The lowest BCUT2D eigenvalue weighted by Gasteiger charge is -2.38. The smallest absolute Gasteiger partial charge is 0.228 e. The Morgan fingerprint density at radius 1 is 1.58 bits per heavy atom. The quantitative estimate of drug-likeness (QED) is 0.863. The summed E-state index contributed by atoms with van der Waals surface area (Å²) in [7, 11) is 1.71. The molecule has 1 aliphatic heterocycles. The standard InChI is InChI=1S/C14H21N3O2/c1-19-13-5-7-17(12(9-13)10-15)14(18)8-11-4-2-3-6-16-11/h2-4,6,12-13H,5,7-10,15H2,1H3. The van der Waals surface area contributed by atoms with Crippen LogP contribution in [0.4, 0.5) is 0 Å². The van der Waals surface area contributed by atoms with Crippen LogP contribution in [0.1, 0.15) is 18.5 Å². The lowest BCUT2D eigenvalue weighted by Crippen LogP contribution is -2.51. The summed E-state index contributed by atoms with van der Waals surface area (Å²) in [6.45, 7) is 1.19. The van der Waals surface area contributed by atoms with Gasteiger partial charge in [0.15, 0.2) is 0 Å². The third kappa shape index (κ3) is 3.52. The fourth-order valence-corrected chi connectivity index (χ4v) is 2.54. The molecule has 0 saturated carbocycles. The van der Waals surface area contributed by atoms with E-state index in [0.29, 0.717) is 19.5 Å². The predicted octanol–water partition coefficient (Wildman–Crippen LogP) is 0.589. The molecule has 1 aromatic rings. The molecule has 19 heavy (non-hydrogen) atoms. The van der Waals surface area contributed by atoms with E-state index in [1.165, 1.54) is 0 Å². The minimum atomic E-state index is 0.0786. The molecule has 2 rings (SSSR count). The van der Waals surface area contributed by atoms with E-state index in [-0.39, 0.29) is 18.1 Å². The number of rotatable bonds is 4. The summed E-state index contributed by atoms with van der Waals surface area (Å²) in [5.74, 6) is 0.101. The van der Waals surface area contributed by atoms with E-state index >= 15 is 0 Å². The molecule has 0 radical (unpaired) electrons. The van der Waals surface area contributed by atoms with Crippen molar-refractivity contribution in [2.75, 3.05) is 20.2 Å². The van der Waals surface area contributed by atoms with Gasteiger partial charge in [0, 0.05) is 38.1 Å². The van der Waals surface area contributed by atoms with Crippen LogP contribution < -0.4 is 5.73 Å². The van der Waals surface area contributed by atoms with Gasteiger partial charge in [-0.25, -0.2) is 0 Å². The molecule has 2 heterocycles. The van der Waals surface area contributed by atoms with Crippen molar-refractivity contribution < 1.29 is 9.53 Å². The second-order valence-electron chi connectivity index (χ2n) is 4.86. The molecule has 0 spiro atoms. The highest BCUT2D eigenvalue weighted by Crippen LogP contribution is 2.20. The van der Waals surface area contributed by atoms with Gasteiger partial charge in [0.25, 0.3) is 0 Å². The number of nitrogens with two attached hydrogens (primary N) is 1. The molecule has 2 atom stereocenters. The van der Waals surface area contributed by atoms with Crippen LogP contribution in [0.5, 0.6) is 0 Å². The highest BCUT2D eigenvalue weighted by atomic mass is 16.5. The number of hydrogen-bond donors (Lipinski definition) is 1. The van der Waals surface area contributed by atoms with Crippen LogP contribution in [0.3, 0.4) is 0 Å². The number of pyridine rings is 1. The molecule has 5 heteroatoms. The number of carbonyl (C=O) groups is 1. The summed E-state index contributed by atoms with van der Waals surface area (Å²) < 4.78 is 5.36. The monoisotopic (exact) mass is 263 g/mol. The van der Waals surface area contributed by atoms with Crippen molar-refractivity contribution in [3.63, 3.8) is 0 Å². The van der Waals surface area contributed by atoms with Gasteiger partial charge in [-0.05, 0) is 25.0 Å². The Morgan fingerprint density at radius 3 is 3.05 bits per heavy atom. The molecule has 1 aromatic heterocycles. The van der Waals surface area contributed by atoms with Crippen molar-refractivity contribution in [2.45, 2.75) is 31.4 Å². The summed E-state index contributed by atoms with van der Waals surface area (Å²) in [5, 5.41) is 0. The zero-order chi connectivity index (χ0) is 13.7. The number of hydrogen-bond acceptors (Lipinski definition) is 4. The topological polar surface area (TPSA) is 68.5 Å². The molecule has 2 N–H and O–H groups in total. The molecule has 0 aromatic carbocycles. The average Bonchev–Trinajstić information content (AvgIpc) is 2.47. The maximum Gasteiger partial charge on any atom is 0.228 e. The molecule has 1 aliphatic rings. The van der Waals surface area contributed by atoms with Gasteiger partial charge in [0.2, 0.25) is 5.91 Å². The van der Waals surface area contributed by atoms with E-state index in [2.05, 4.69) is 4.98 Å². The summed E-state index contributed by atoms with van der Waals surface area (Å²) in [6, 6.07) is 5.69. The van der Waals surface area contributed by atoms with Crippen molar-refractivity contribution in [1.82, 2.24) is 9.88 Å². The lowest BCUT2D eigenvalue weighted by molar-refractivity contribution is -0.136. The van der Waals surface area contributed by atoms with Gasteiger partial charge in [-0.15, -0.1) is 0 Å². The Bertz CT molecular complexity index is 410.